The zero-order valence-corrected chi connectivity index (χ0v) is 9.97. The molecule has 0 radical (unpaired) electrons. The first kappa shape index (κ1) is 12.0. The summed E-state index contributed by atoms with van der Waals surface area (Å²) < 4.78 is 0. The Morgan fingerprint density at radius 1 is 1.14 bits per heavy atom. The monoisotopic (exact) mass is 197 g/mol. The van der Waals surface area contributed by atoms with Gasteiger partial charge in [0, 0.05) is 6.04 Å². The molecule has 1 rings (SSSR count). The van der Waals surface area contributed by atoms with E-state index in [0.717, 1.165) is 18.3 Å². The molecule has 1 saturated carbocycles. The molecule has 0 heterocycles. The van der Waals surface area contributed by atoms with Gasteiger partial charge in [-0.15, -0.1) is 0 Å². The Morgan fingerprint density at radius 3 is 2.36 bits per heavy atom. The fraction of sp³-hybridized carbons (Fsp3) is 1.00. The predicted molar refractivity (Wildman–Crippen MR) is 63.2 cm³/mol. The van der Waals surface area contributed by atoms with Crippen LogP contribution in [0.25, 0.3) is 0 Å². The van der Waals surface area contributed by atoms with E-state index in [1.165, 1.54) is 44.9 Å². The highest BCUT2D eigenvalue weighted by Crippen LogP contribution is 2.35. The molecule has 1 heteroatoms. The zero-order valence-electron chi connectivity index (χ0n) is 9.97. The van der Waals surface area contributed by atoms with Crippen LogP contribution in [0.5, 0.6) is 0 Å². The van der Waals surface area contributed by atoms with E-state index in [9.17, 15) is 0 Å². The Morgan fingerprint density at radius 2 is 1.79 bits per heavy atom. The summed E-state index contributed by atoms with van der Waals surface area (Å²) in [6, 6.07) is 0.453. The lowest BCUT2D eigenvalue weighted by molar-refractivity contribution is 0.210. The topological polar surface area (TPSA) is 26.0 Å². The average Bonchev–Trinajstić information content (AvgIpc) is 2.26. The summed E-state index contributed by atoms with van der Waals surface area (Å²) in [5.41, 5.74) is 5.98. The molecule has 0 saturated heterocycles. The lowest BCUT2D eigenvalue weighted by Gasteiger charge is -2.31. The fourth-order valence-electron chi connectivity index (χ4n) is 2.83. The van der Waals surface area contributed by atoms with Crippen LogP contribution in [0.15, 0.2) is 0 Å². The molecule has 14 heavy (non-hydrogen) atoms. The molecule has 3 unspecified atom stereocenters. The van der Waals surface area contributed by atoms with E-state index in [2.05, 4.69) is 13.8 Å². The molecule has 1 fully saturated rings. The van der Waals surface area contributed by atoms with Crippen LogP contribution in [0.1, 0.15) is 65.2 Å². The highest BCUT2D eigenvalue weighted by atomic mass is 14.6. The van der Waals surface area contributed by atoms with Crippen molar-refractivity contribution in [3.05, 3.63) is 0 Å². The molecule has 3 atom stereocenters. The van der Waals surface area contributed by atoms with Crippen LogP contribution in [0.4, 0.5) is 0 Å². The van der Waals surface area contributed by atoms with Gasteiger partial charge >= 0.3 is 0 Å². The molecule has 0 spiro atoms. The van der Waals surface area contributed by atoms with Crippen LogP contribution in [0.3, 0.4) is 0 Å². The first-order valence-electron chi connectivity index (χ1n) is 6.53. The van der Waals surface area contributed by atoms with Gasteiger partial charge in [0.15, 0.2) is 0 Å². The van der Waals surface area contributed by atoms with Crippen LogP contribution in [0.2, 0.25) is 0 Å². The van der Waals surface area contributed by atoms with Gasteiger partial charge in [0.25, 0.3) is 0 Å². The summed E-state index contributed by atoms with van der Waals surface area (Å²) in [7, 11) is 0. The number of hydrogen-bond donors (Lipinski definition) is 1. The Hall–Kier alpha value is -0.0400. The van der Waals surface area contributed by atoms with Crippen molar-refractivity contribution >= 4 is 0 Å². The summed E-state index contributed by atoms with van der Waals surface area (Å²) >= 11 is 0. The molecule has 0 aromatic rings. The largest absolute Gasteiger partial charge is 0.328 e. The molecular weight excluding hydrogens is 170 g/mol. The van der Waals surface area contributed by atoms with E-state index >= 15 is 0 Å². The van der Waals surface area contributed by atoms with Crippen molar-refractivity contribution in [2.75, 3.05) is 0 Å². The van der Waals surface area contributed by atoms with Crippen LogP contribution >= 0.6 is 0 Å². The number of hydrogen-bond acceptors (Lipinski definition) is 1. The second kappa shape index (κ2) is 6.44. The van der Waals surface area contributed by atoms with Gasteiger partial charge in [0.05, 0.1) is 0 Å². The third-order valence-corrected chi connectivity index (χ3v) is 4.02. The molecule has 2 N–H and O–H groups in total. The Labute approximate surface area is 89.5 Å². The van der Waals surface area contributed by atoms with E-state index in [1.54, 1.807) is 0 Å². The number of rotatable bonds is 5. The van der Waals surface area contributed by atoms with Gasteiger partial charge in [0.2, 0.25) is 0 Å². The molecule has 1 nitrogen and oxygen atoms in total. The third kappa shape index (κ3) is 3.61. The van der Waals surface area contributed by atoms with Gasteiger partial charge in [-0.2, -0.15) is 0 Å². The minimum absolute atomic E-state index is 0.453. The van der Waals surface area contributed by atoms with Crippen molar-refractivity contribution in [2.45, 2.75) is 71.3 Å². The highest BCUT2D eigenvalue weighted by Gasteiger charge is 2.23. The van der Waals surface area contributed by atoms with Gasteiger partial charge in [-0.05, 0) is 31.1 Å². The summed E-state index contributed by atoms with van der Waals surface area (Å²) in [4.78, 5) is 0. The van der Waals surface area contributed by atoms with Gasteiger partial charge < -0.3 is 5.73 Å². The zero-order chi connectivity index (χ0) is 10.4. The second-order valence-electron chi connectivity index (χ2n) is 4.96. The van der Waals surface area contributed by atoms with E-state index in [1.807, 2.05) is 0 Å². The summed E-state index contributed by atoms with van der Waals surface area (Å²) in [5.74, 6) is 2.00. The van der Waals surface area contributed by atoms with Crippen molar-refractivity contribution < 1.29 is 0 Å². The molecule has 1 aliphatic rings. The van der Waals surface area contributed by atoms with E-state index in [0.29, 0.717) is 6.04 Å². The minimum atomic E-state index is 0.453. The first-order chi connectivity index (χ1) is 6.77. The molecule has 0 amide bonds. The average molecular weight is 197 g/mol. The second-order valence-corrected chi connectivity index (χ2v) is 4.96. The van der Waals surface area contributed by atoms with Crippen LogP contribution < -0.4 is 5.73 Å². The minimum Gasteiger partial charge on any atom is -0.328 e. The standard InChI is InChI=1S/C13H27N/c1-3-11-7-5-6-8-12(11)9-10-13(14)4-2/h11-13H,3-10,14H2,1-2H3. The van der Waals surface area contributed by atoms with Crippen molar-refractivity contribution in [1.29, 1.82) is 0 Å². The Bertz CT molecular complexity index is 144. The van der Waals surface area contributed by atoms with Gasteiger partial charge in [0.1, 0.15) is 0 Å². The Kier molecular flexibility index (Phi) is 5.54. The summed E-state index contributed by atoms with van der Waals surface area (Å²) in [6.07, 6.45) is 11.0. The van der Waals surface area contributed by atoms with Crippen molar-refractivity contribution in [3.8, 4) is 0 Å². The summed E-state index contributed by atoms with van der Waals surface area (Å²) in [6.45, 7) is 4.55. The van der Waals surface area contributed by atoms with Gasteiger partial charge in [-0.25, -0.2) is 0 Å². The molecule has 0 bridgehead atoms. The van der Waals surface area contributed by atoms with Crippen LogP contribution in [-0.4, -0.2) is 6.04 Å². The smallest absolute Gasteiger partial charge is 0.00363 e. The fourth-order valence-corrected chi connectivity index (χ4v) is 2.83. The normalized spacial score (nSPS) is 30.2. The number of nitrogens with two attached hydrogens (primary N) is 1. The molecule has 0 aliphatic heterocycles. The lowest BCUT2D eigenvalue weighted by atomic mass is 9.75. The van der Waals surface area contributed by atoms with Crippen LogP contribution in [0, 0.1) is 11.8 Å². The predicted octanol–water partition coefficient (Wildman–Crippen LogP) is 3.72. The van der Waals surface area contributed by atoms with Crippen molar-refractivity contribution in [2.24, 2.45) is 17.6 Å². The van der Waals surface area contributed by atoms with Gasteiger partial charge in [-0.3, -0.25) is 0 Å². The maximum Gasteiger partial charge on any atom is 0.00363 e. The molecule has 1 aliphatic carbocycles. The Balaban J connectivity index is 2.26. The maximum absolute atomic E-state index is 5.98. The first-order valence-corrected chi connectivity index (χ1v) is 6.53. The molecule has 84 valence electrons. The lowest BCUT2D eigenvalue weighted by Crippen LogP contribution is -2.24. The molecule has 0 aromatic heterocycles. The van der Waals surface area contributed by atoms with Crippen molar-refractivity contribution in [1.82, 2.24) is 0 Å². The third-order valence-electron chi connectivity index (χ3n) is 4.02. The van der Waals surface area contributed by atoms with E-state index < -0.39 is 0 Å². The quantitative estimate of drug-likeness (QED) is 0.714. The molecular formula is C13H27N. The van der Waals surface area contributed by atoms with Gasteiger partial charge in [-0.1, -0.05) is 46.0 Å². The SMILES string of the molecule is CCC(N)CCC1CCCCC1CC. The highest BCUT2D eigenvalue weighted by molar-refractivity contribution is 4.75. The maximum atomic E-state index is 5.98. The van der Waals surface area contributed by atoms with E-state index in [-0.39, 0.29) is 0 Å². The van der Waals surface area contributed by atoms with Crippen molar-refractivity contribution in [3.63, 3.8) is 0 Å². The summed E-state index contributed by atoms with van der Waals surface area (Å²) in [5, 5.41) is 0. The van der Waals surface area contributed by atoms with E-state index in [4.69, 9.17) is 5.73 Å². The van der Waals surface area contributed by atoms with Crippen LogP contribution in [-0.2, 0) is 0 Å². The molecule has 0 aromatic carbocycles.